The number of imide groups is 1. The summed E-state index contributed by atoms with van der Waals surface area (Å²) in [6, 6.07) is 0. The molecular formula is C17H30N2O2. The number of amides is 2. The maximum absolute atomic E-state index is 13.1. The van der Waals surface area contributed by atoms with Crippen molar-refractivity contribution in [3.05, 3.63) is 0 Å². The van der Waals surface area contributed by atoms with Crippen LogP contribution in [0.4, 0.5) is 0 Å². The first-order chi connectivity index (χ1) is 9.84. The van der Waals surface area contributed by atoms with Gasteiger partial charge in [-0.25, -0.2) is 0 Å². The van der Waals surface area contributed by atoms with Crippen LogP contribution in [0.3, 0.4) is 0 Å². The highest BCUT2D eigenvalue weighted by molar-refractivity contribution is 6.06. The van der Waals surface area contributed by atoms with E-state index in [2.05, 4.69) is 13.8 Å². The Morgan fingerprint density at radius 3 is 2.24 bits per heavy atom. The van der Waals surface area contributed by atoms with Crippen molar-refractivity contribution in [1.82, 2.24) is 4.90 Å². The van der Waals surface area contributed by atoms with Crippen LogP contribution in [0.2, 0.25) is 0 Å². The molecule has 1 unspecified atom stereocenters. The molecule has 0 aromatic carbocycles. The molecule has 120 valence electrons. The summed E-state index contributed by atoms with van der Waals surface area (Å²) in [6.45, 7) is 6.54. The number of carbonyl (C=O) groups is 2. The van der Waals surface area contributed by atoms with E-state index < -0.39 is 11.0 Å². The van der Waals surface area contributed by atoms with Gasteiger partial charge >= 0.3 is 0 Å². The van der Waals surface area contributed by atoms with E-state index in [0.717, 1.165) is 32.1 Å². The Morgan fingerprint density at radius 2 is 1.76 bits per heavy atom. The molecule has 1 atom stereocenters. The average molecular weight is 294 g/mol. The zero-order valence-electron chi connectivity index (χ0n) is 13.8. The van der Waals surface area contributed by atoms with Gasteiger partial charge in [0.1, 0.15) is 0 Å². The van der Waals surface area contributed by atoms with Crippen LogP contribution in [0, 0.1) is 11.3 Å². The monoisotopic (exact) mass is 294 g/mol. The van der Waals surface area contributed by atoms with Crippen LogP contribution in [0.15, 0.2) is 0 Å². The molecule has 1 heterocycles. The van der Waals surface area contributed by atoms with E-state index in [9.17, 15) is 9.59 Å². The van der Waals surface area contributed by atoms with E-state index in [1.807, 2.05) is 6.92 Å². The lowest BCUT2D eigenvalue weighted by Crippen LogP contribution is -2.56. The van der Waals surface area contributed by atoms with Gasteiger partial charge in [-0.2, -0.15) is 0 Å². The molecule has 0 aromatic rings. The van der Waals surface area contributed by atoms with Crippen molar-refractivity contribution >= 4 is 11.8 Å². The van der Waals surface area contributed by atoms with Crippen molar-refractivity contribution in [3.8, 4) is 0 Å². The molecule has 0 bridgehead atoms. The molecule has 21 heavy (non-hydrogen) atoms. The van der Waals surface area contributed by atoms with E-state index in [4.69, 9.17) is 5.73 Å². The van der Waals surface area contributed by atoms with E-state index in [1.54, 1.807) is 4.90 Å². The van der Waals surface area contributed by atoms with Crippen LogP contribution >= 0.6 is 0 Å². The number of nitrogens with zero attached hydrogens (tertiary/aromatic N) is 1. The second-order valence-electron chi connectivity index (χ2n) is 7.70. The number of hydrogen-bond acceptors (Lipinski definition) is 3. The number of carbonyl (C=O) groups excluding carboxylic acids is 2. The van der Waals surface area contributed by atoms with Crippen LogP contribution in [-0.4, -0.2) is 28.8 Å². The standard InChI is InChI=1S/C17H30N2O2/c1-13(2)10-16(3,12-18)19-14(20)11-17(15(19)21)8-6-4-5-7-9-17/h13H,4-12,18H2,1-3H3. The van der Waals surface area contributed by atoms with Crippen molar-refractivity contribution < 1.29 is 9.59 Å². The molecule has 1 aliphatic carbocycles. The third-order valence-corrected chi connectivity index (χ3v) is 5.28. The minimum atomic E-state index is -0.530. The van der Waals surface area contributed by atoms with Crippen molar-refractivity contribution in [2.75, 3.05) is 6.54 Å². The first-order valence-corrected chi connectivity index (χ1v) is 8.42. The minimum absolute atomic E-state index is 0.00417. The van der Waals surface area contributed by atoms with Gasteiger partial charge in [0, 0.05) is 13.0 Å². The first kappa shape index (κ1) is 16.5. The normalized spacial score (nSPS) is 25.5. The molecular weight excluding hydrogens is 264 g/mol. The number of likely N-dealkylation sites (tertiary alicyclic amines) is 1. The molecule has 2 N–H and O–H groups in total. The van der Waals surface area contributed by atoms with Crippen molar-refractivity contribution in [2.24, 2.45) is 17.1 Å². The number of hydrogen-bond donors (Lipinski definition) is 1. The number of nitrogens with two attached hydrogens (primary N) is 1. The third kappa shape index (κ3) is 3.01. The topological polar surface area (TPSA) is 63.4 Å². The molecule has 1 spiro atoms. The maximum Gasteiger partial charge on any atom is 0.236 e. The van der Waals surface area contributed by atoms with Crippen molar-refractivity contribution in [1.29, 1.82) is 0 Å². The zero-order chi connectivity index (χ0) is 15.7. The summed E-state index contributed by atoms with van der Waals surface area (Å²) in [4.78, 5) is 27.2. The fourth-order valence-electron chi connectivity index (χ4n) is 4.28. The molecule has 0 aromatic heterocycles. The Hall–Kier alpha value is -0.900. The molecule has 1 aliphatic heterocycles. The molecule has 1 saturated carbocycles. The van der Waals surface area contributed by atoms with Crippen molar-refractivity contribution in [2.45, 2.75) is 77.7 Å². The quantitative estimate of drug-likeness (QED) is 0.811. The molecule has 1 saturated heterocycles. The second kappa shape index (κ2) is 6.07. The molecule has 2 amide bonds. The molecule has 4 nitrogen and oxygen atoms in total. The molecule has 4 heteroatoms. The van der Waals surface area contributed by atoms with E-state index >= 15 is 0 Å². The van der Waals surface area contributed by atoms with E-state index in [-0.39, 0.29) is 11.8 Å². The van der Waals surface area contributed by atoms with Crippen LogP contribution in [-0.2, 0) is 9.59 Å². The maximum atomic E-state index is 13.1. The Morgan fingerprint density at radius 1 is 1.19 bits per heavy atom. The Labute approximate surface area is 128 Å². The van der Waals surface area contributed by atoms with Gasteiger partial charge in [-0.3, -0.25) is 14.5 Å². The zero-order valence-corrected chi connectivity index (χ0v) is 13.8. The predicted octanol–water partition coefficient (Wildman–Crippen LogP) is 2.85. The Kier molecular flexibility index (Phi) is 4.76. The lowest BCUT2D eigenvalue weighted by Gasteiger charge is -2.39. The summed E-state index contributed by atoms with van der Waals surface area (Å²) in [7, 11) is 0. The summed E-state index contributed by atoms with van der Waals surface area (Å²) in [5.74, 6) is 0.461. The summed E-state index contributed by atoms with van der Waals surface area (Å²) in [5.41, 5.74) is 5.02. The van der Waals surface area contributed by atoms with Crippen LogP contribution < -0.4 is 5.73 Å². The fraction of sp³-hybridized carbons (Fsp3) is 0.882. The highest BCUT2D eigenvalue weighted by Gasteiger charge is 2.55. The van der Waals surface area contributed by atoms with Gasteiger partial charge in [0.15, 0.2) is 0 Å². The highest BCUT2D eigenvalue weighted by Crippen LogP contribution is 2.46. The predicted molar refractivity (Wildman–Crippen MR) is 83.5 cm³/mol. The lowest BCUT2D eigenvalue weighted by molar-refractivity contribution is -0.148. The molecule has 2 fully saturated rings. The van der Waals surface area contributed by atoms with Crippen LogP contribution in [0.1, 0.15) is 72.1 Å². The van der Waals surface area contributed by atoms with Crippen LogP contribution in [0.25, 0.3) is 0 Å². The van der Waals surface area contributed by atoms with Gasteiger partial charge in [-0.05, 0) is 32.1 Å². The summed E-state index contributed by atoms with van der Waals surface area (Å²) in [6.07, 6.45) is 7.42. The molecule has 2 rings (SSSR count). The van der Waals surface area contributed by atoms with Gasteiger partial charge in [-0.15, -0.1) is 0 Å². The minimum Gasteiger partial charge on any atom is -0.328 e. The van der Waals surface area contributed by atoms with Crippen LogP contribution in [0.5, 0.6) is 0 Å². The SMILES string of the molecule is CC(C)CC(C)(CN)N1C(=O)CC2(CCCCCC2)C1=O. The third-order valence-electron chi connectivity index (χ3n) is 5.28. The molecule has 0 radical (unpaired) electrons. The molecule has 2 aliphatic rings. The second-order valence-corrected chi connectivity index (χ2v) is 7.70. The summed E-state index contributed by atoms with van der Waals surface area (Å²) in [5, 5.41) is 0. The highest BCUT2D eigenvalue weighted by atomic mass is 16.2. The van der Waals surface area contributed by atoms with Gasteiger partial charge in [-0.1, -0.05) is 39.5 Å². The Bertz CT molecular complexity index is 411. The first-order valence-electron chi connectivity index (χ1n) is 8.42. The van der Waals surface area contributed by atoms with Gasteiger partial charge in [0.05, 0.1) is 11.0 Å². The van der Waals surface area contributed by atoms with E-state index in [1.165, 1.54) is 12.8 Å². The smallest absolute Gasteiger partial charge is 0.236 e. The largest absolute Gasteiger partial charge is 0.328 e. The van der Waals surface area contributed by atoms with Gasteiger partial charge < -0.3 is 5.73 Å². The van der Waals surface area contributed by atoms with Crippen molar-refractivity contribution in [3.63, 3.8) is 0 Å². The van der Waals surface area contributed by atoms with Gasteiger partial charge in [0.25, 0.3) is 0 Å². The van der Waals surface area contributed by atoms with E-state index in [0.29, 0.717) is 18.9 Å². The number of rotatable bonds is 4. The average Bonchev–Trinajstić information content (AvgIpc) is 2.57. The summed E-state index contributed by atoms with van der Waals surface area (Å²) >= 11 is 0. The Balaban J connectivity index is 2.28. The lowest BCUT2D eigenvalue weighted by atomic mass is 9.78. The fourth-order valence-corrected chi connectivity index (χ4v) is 4.28. The van der Waals surface area contributed by atoms with Gasteiger partial charge in [0.2, 0.25) is 11.8 Å². The summed E-state index contributed by atoms with van der Waals surface area (Å²) < 4.78 is 0.